The number of thiophene rings is 1. The highest BCUT2D eigenvalue weighted by molar-refractivity contribution is 7.11. The quantitative estimate of drug-likeness (QED) is 0.740. The van der Waals surface area contributed by atoms with Crippen molar-refractivity contribution in [3.63, 3.8) is 0 Å². The Balaban J connectivity index is 2.42. The normalized spacial score (nSPS) is 10.0. The molecule has 0 aliphatic heterocycles. The van der Waals surface area contributed by atoms with Gasteiger partial charge in [0.05, 0.1) is 0 Å². The number of benzene rings is 1. The van der Waals surface area contributed by atoms with Crippen molar-refractivity contribution in [2.75, 3.05) is 5.73 Å². The van der Waals surface area contributed by atoms with Gasteiger partial charge in [-0.15, -0.1) is 11.3 Å². The van der Waals surface area contributed by atoms with Crippen LogP contribution in [0.3, 0.4) is 0 Å². The maximum absolute atomic E-state index is 5.87. The predicted molar refractivity (Wildman–Crippen MR) is 63.3 cm³/mol. The zero-order valence-corrected chi connectivity index (χ0v) is 8.55. The van der Waals surface area contributed by atoms with Gasteiger partial charge < -0.3 is 5.73 Å². The third-order valence-corrected chi connectivity index (χ3v) is 3.03. The molecule has 1 aromatic carbocycles. The molecule has 14 heavy (non-hydrogen) atoms. The van der Waals surface area contributed by atoms with Gasteiger partial charge in [0.15, 0.2) is 0 Å². The van der Waals surface area contributed by atoms with Crippen LogP contribution in [0, 0.1) is 0 Å². The van der Waals surface area contributed by atoms with Crippen molar-refractivity contribution < 1.29 is 0 Å². The van der Waals surface area contributed by atoms with E-state index in [0.717, 1.165) is 16.8 Å². The fourth-order valence-electron chi connectivity index (χ4n) is 1.35. The van der Waals surface area contributed by atoms with Gasteiger partial charge >= 0.3 is 0 Å². The average molecular weight is 201 g/mol. The molecule has 2 heteroatoms. The van der Waals surface area contributed by atoms with Crippen molar-refractivity contribution >= 4 is 22.6 Å². The predicted octanol–water partition coefficient (Wildman–Crippen LogP) is 3.39. The minimum absolute atomic E-state index is 0.783. The van der Waals surface area contributed by atoms with Gasteiger partial charge in [0.25, 0.3) is 0 Å². The highest BCUT2D eigenvalue weighted by Crippen LogP contribution is 2.28. The van der Waals surface area contributed by atoms with E-state index >= 15 is 0 Å². The first-order valence-electron chi connectivity index (χ1n) is 4.36. The fourth-order valence-corrected chi connectivity index (χ4v) is 2.07. The molecule has 0 radical (unpaired) electrons. The molecule has 0 saturated heterocycles. The smallest absolute Gasteiger partial charge is 0.0394 e. The van der Waals surface area contributed by atoms with Crippen molar-refractivity contribution in [2.24, 2.45) is 0 Å². The largest absolute Gasteiger partial charge is 0.398 e. The van der Waals surface area contributed by atoms with E-state index in [-0.39, 0.29) is 0 Å². The Kier molecular flexibility index (Phi) is 2.37. The van der Waals surface area contributed by atoms with Gasteiger partial charge in [-0.05, 0) is 23.1 Å². The first-order chi connectivity index (χ1) is 6.79. The van der Waals surface area contributed by atoms with Crippen molar-refractivity contribution in [1.29, 1.82) is 0 Å². The van der Waals surface area contributed by atoms with Gasteiger partial charge in [0, 0.05) is 16.1 Å². The molecule has 0 fully saturated rings. The molecule has 0 aliphatic carbocycles. The van der Waals surface area contributed by atoms with Gasteiger partial charge in [-0.2, -0.15) is 0 Å². The molecule has 2 rings (SSSR count). The lowest BCUT2D eigenvalue weighted by Gasteiger charge is -2.06. The summed E-state index contributed by atoms with van der Waals surface area (Å²) in [5, 5.41) is 2.04. The molecule has 2 N–H and O–H groups in total. The molecule has 0 atom stereocenters. The second-order valence-corrected chi connectivity index (χ2v) is 3.99. The van der Waals surface area contributed by atoms with Crippen molar-refractivity contribution in [3.05, 3.63) is 58.8 Å². The Morgan fingerprint density at radius 1 is 1.14 bits per heavy atom. The second-order valence-electron chi connectivity index (χ2n) is 3.04. The number of nitrogens with two attached hydrogens (primary N) is 1. The lowest BCUT2D eigenvalue weighted by Crippen LogP contribution is -1.92. The summed E-state index contributed by atoms with van der Waals surface area (Å²) in [6, 6.07) is 11.9. The van der Waals surface area contributed by atoms with Gasteiger partial charge in [-0.1, -0.05) is 30.8 Å². The number of hydrogen-bond acceptors (Lipinski definition) is 2. The second kappa shape index (κ2) is 3.68. The number of hydrogen-bond donors (Lipinski definition) is 1. The zero-order valence-electron chi connectivity index (χ0n) is 7.73. The standard InChI is InChI=1S/C12H11NS/c1-9(12-7-4-8-14-12)10-5-2-3-6-11(10)13/h2-8H,1,13H2. The summed E-state index contributed by atoms with van der Waals surface area (Å²) in [7, 11) is 0. The van der Waals surface area contributed by atoms with Crippen LogP contribution in [0.1, 0.15) is 10.4 Å². The summed E-state index contributed by atoms with van der Waals surface area (Å²) in [5.74, 6) is 0. The van der Waals surface area contributed by atoms with E-state index < -0.39 is 0 Å². The van der Waals surface area contributed by atoms with E-state index in [2.05, 4.69) is 12.6 Å². The van der Waals surface area contributed by atoms with Crippen LogP contribution >= 0.6 is 11.3 Å². The lowest BCUT2D eigenvalue weighted by molar-refractivity contribution is 1.60. The van der Waals surface area contributed by atoms with E-state index in [1.54, 1.807) is 11.3 Å². The molecular formula is C12H11NS. The minimum atomic E-state index is 0.783. The van der Waals surface area contributed by atoms with Gasteiger partial charge in [-0.3, -0.25) is 0 Å². The molecule has 70 valence electrons. The van der Waals surface area contributed by atoms with Crippen LogP contribution in [0.5, 0.6) is 0 Å². The van der Waals surface area contributed by atoms with E-state index in [9.17, 15) is 0 Å². The van der Waals surface area contributed by atoms with Crippen LogP contribution in [0.2, 0.25) is 0 Å². The molecular weight excluding hydrogens is 190 g/mol. The summed E-state index contributed by atoms with van der Waals surface area (Å²) in [6.45, 7) is 4.06. The van der Waals surface area contributed by atoms with Crippen LogP contribution in [-0.4, -0.2) is 0 Å². The third-order valence-electron chi connectivity index (χ3n) is 2.10. The molecule has 0 saturated carbocycles. The summed E-state index contributed by atoms with van der Waals surface area (Å²) >= 11 is 1.68. The first kappa shape index (κ1) is 9.03. The Morgan fingerprint density at radius 2 is 1.93 bits per heavy atom. The molecule has 0 bridgehead atoms. The van der Waals surface area contributed by atoms with Crippen LogP contribution < -0.4 is 5.73 Å². The number of anilines is 1. The zero-order chi connectivity index (χ0) is 9.97. The van der Waals surface area contributed by atoms with E-state index in [1.807, 2.05) is 35.7 Å². The van der Waals surface area contributed by atoms with Crippen molar-refractivity contribution in [1.82, 2.24) is 0 Å². The Labute approximate surface area is 87.5 Å². The molecule has 0 spiro atoms. The molecule has 0 amide bonds. The SMILES string of the molecule is C=C(c1cccs1)c1ccccc1N. The Hall–Kier alpha value is -1.54. The third kappa shape index (κ3) is 1.56. The summed E-state index contributed by atoms with van der Waals surface area (Å²) in [4.78, 5) is 1.17. The molecule has 2 aromatic rings. The summed E-state index contributed by atoms with van der Waals surface area (Å²) < 4.78 is 0. The molecule has 1 nitrogen and oxygen atoms in total. The number of rotatable bonds is 2. The average Bonchev–Trinajstić information content (AvgIpc) is 2.70. The van der Waals surface area contributed by atoms with Crippen LogP contribution in [0.4, 0.5) is 5.69 Å². The Morgan fingerprint density at radius 3 is 2.57 bits per heavy atom. The lowest BCUT2D eigenvalue weighted by atomic mass is 10.0. The highest BCUT2D eigenvalue weighted by Gasteiger charge is 2.05. The maximum Gasteiger partial charge on any atom is 0.0394 e. The minimum Gasteiger partial charge on any atom is -0.398 e. The highest BCUT2D eigenvalue weighted by atomic mass is 32.1. The number of nitrogen functional groups attached to an aromatic ring is 1. The van der Waals surface area contributed by atoms with Crippen LogP contribution in [0.25, 0.3) is 5.57 Å². The summed E-state index contributed by atoms with van der Waals surface area (Å²) in [6.07, 6.45) is 0. The van der Waals surface area contributed by atoms with Crippen LogP contribution in [0.15, 0.2) is 48.4 Å². The molecule has 1 heterocycles. The van der Waals surface area contributed by atoms with Crippen molar-refractivity contribution in [3.8, 4) is 0 Å². The van der Waals surface area contributed by atoms with E-state index in [4.69, 9.17) is 5.73 Å². The molecule has 1 aromatic heterocycles. The molecule has 0 unspecified atom stereocenters. The molecule has 0 aliphatic rings. The van der Waals surface area contributed by atoms with Gasteiger partial charge in [0.1, 0.15) is 0 Å². The van der Waals surface area contributed by atoms with Gasteiger partial charge in [0.2, 0.25) is 0 Å². The van der Waals surface area contributed by atoms with Gasteiger partial charge in [-0.25, -0.2) is 0 Å². The van der Waals surface area contributed by atoms with E-state index in [1.165, 1.54) is 4.88 Å². The Bertz CT molecular complexity index is 443. The fraction of sp³-hybridized carbons (Fsp3) is 0. The maximum atomic E-state index is 5.87. The summed E-state index contributed by atoms with van der Waals surface area (Å²) in [5.41, 5.74) is 8.68. The number of para-hydroxylation sites is 1. The van der Waals surface area contributed by atoms with Crippen molar-refractivity contribution in [2.45, 2.75) is 0 Å². The van der Waals surface area contributed by atoms with E-state index in [0.29, 0.717) is 0 Å². The topological polar surface area (TPSA) is 26.0 Å². The monoisotopic (exact) mass is 201 g/mol. The first-order valence-corrected chi connectivity index (χ1v) is 5.24. The van der Waals surface area contributed by atoms with Crippen LogP contribution in [-0.2, 0) is 0 Å².